The maximum absolute atomic E-state index is 13.3. The molecule has 136 valence electrons. The van der Waals surface area contributed by atoms with Crippen LogP contribution in [0.25, 0.3) is 0 Å². The summed E-state index contributed by atoms with van der Waals surface area (Å²) in [4.78, 5) is 9.39. The summed E-state index contributed by atoms with van der Waals surface area (Å²) in [7, 11) is 0. The van der Waals surface area contributed by atoms with Crippen LogP contribution in [0.5, 0.6) is 0 Å². The minimum atomic E-state index is -0.345. The van der Waals surface area contributed by atoms with E-state index in [9.17, 15) is 4.39 Å². The number of fused-ring (bicyclic) bond motifs is 1. The van der Waals surface area contributed by atoms with Crippen LogP contribution < -0.4 is 0 Å². The van der Waals surface area contributed by atoms with Gasteiger partial charge in [0.2, 0.25) is 5.90 Å². The number of halogens is 1. The summed E-state index contributed by atoms with van der Waals surface area (Å²) in [6, 6.07) is 25.5. The molecule has 2 heterocycles. The van der Waals surface area contributed by atoms with Crippen molar-refractivity contribution in [1.82, 2.24) is 5.01 Å². The summed E-state index contributed by atoms with van der Waals surface area (Å²) in [6.07, 6.45) is 0. The highest BCUT2D eigenvalue weighted by Crippen LogP contribution is 2.33. The summed E-state index contributed by atoms with van der Waals surface area (Å²) in [5.74, 6) is 0.775. The molecule has 0 amide bonds. The van der Waals surface area contributed by atoms with Crippen LogP contribution in [0.1, 0.15) is 17.2 Å². The van der Waals surface area contributed by atoms with E-state index in [0.29, 0.717) is 23.4 Å². The van der Waals surface area contributed by atoms with Crippen molar-refractivity contribution < 1.29 is 9.13 Å². The zero-order valence-corrected chi connectivity index (χ0v) is 14.7. The van der Waals surface area contributed by atoms with Crippen LogP contribution >= 0.6 is 0 Å². The molecule has 3 aromatic carbocycles. The number of aliphatic imine (C=N–C) groups is 2. The second-order valence-electron chi connectivity index (χ2n) is 6.36. The lowest BCUT2D eigenvalue weighted by atomic mass is 10.1. The number of nitrogens with zero attached hydrogens (tertiary/aromatic N) is 4. The normalized spacial score (nSPS) is 19.2. The number of benzene rings is 3. The van der Waals surface area contributed by atoms with E-state index in [4.69, 9.17) is 14.7 Å². The van der Waals surface area contributed by atoms with E-state index in [1.807, 2.05) is 60.7 Å². The Morgan fingerprint density at radius 2 is 1.54 bits per heavy atom. The van der Waals surface area contributed by atoms with Crippen molar-refractivity contribution >= 4 is 23.4 Å². The van der Waals surface area contributed by atoms with E-state index in [-0.39, 0.29) is 11.9 Å². The van der Waals surface area contributed by atoms with Crippen molar-refractivity contribution in [2.24, 2.45) is 15.1 Å². The number of rotatable bonds is 3. The molecule has 6 heteroatoms. The third-order valence-electron chi connectivity index (χ3n) is 4.47. The van der Waals surface area contributed by atoms with Gasteiger partial charge in [0.05, 0.1) is 5.69 Å². The average molecular weight is 370 g/mol. The molecule has 1 atom stereocenters. The predicted molar refractivity (Wildman–Crippen MR) is 106 cm³/mol. The first-order chi connectivity index (χ1) is 13.8. The van der Waals surface area contributed by atoms with Gasteiger partial charge < -0.3 is 4.74 Å². The van der Waals surface area contributed by atoms with E-state index in [2.05, 4.69) is 5.10 Å². The van der Waals surface area contributed by atoms with Gasteiger partial charge in [0.15, 0.2) is 5.84 Å². The SMILES string of the molecule is Fc1ccc(N=C2C(c3ccccc3)N=C3OC(c4ccccc4)=NN32)cc1. The number of amidine groups is 2. The maximum Gasteiger partial charge on any atom is 0.322 e. The maximum atomic E-state index is 13.3. The van der Waals surface area contributed by atoms with Gasteiger partial charge in [-0.15, -0.1) is 5.10 Å². The molecular formula is C22H15FN4O. The van der Waals surface area contributed by atoms with Crippen LogP contribution in [0.2, 0.25) is 0 Å². The molecule has 0 radical (unpaired) electrons. The number of ether oxygens (including phenoxy) is 1. The van der Waals surface area contributed by atoms with Gasteiger partial charge in [0.25, 0.3) is 0 Å². The molecule has 0 aromatic heterocycles. The fourth-order valence-electron chi connectivity index (χ4n) is 3.11. The van der Waals surface area contributed by atoms with Crippen molar-refractivity contribution in [1.29, 1.82) is 0 Å². The molecular weight excluding hydrogens is 355 g/mol. The second kappa shape index (κ2) is 6.74. The third-order valence-corrected chi connectivity index (χ3v) is 4.47. The van der Waals surface area contributed by atoms with E-state index in [0.717, 1.165) is 11.1 Å². The van der Waals surface area contributed by atoms with Crippen LogP contribution in [0.3, 0.4) is 0 Å². The Hall–Kier alpha value is -3.80. The van der Waals surface area contributed by atoms with Crippen LogP contribution in [-0.2, 0) is 4.74 Å². The fraction of sp³-hybridized carbons (Fsp3) is 0.0455. The molecule has 2 aliphatic heterocycles. The van der Waals surface area contributed by atoms with Gasteiger partial charge in [-0.25, -0.2) is 14.4 Å². The molecule has 0 aliphatic carbocycles. The first-order valence-electron chi connectivity index (χ1n) is 8.87. The van der Waals surface area contributed by atoms with Crippen LogP contribution in [-0.4, -0.2) is 22.8 Å². The van der Waals surface area contributed by atoms with Gasteiger partial charge in [0, 0.05) is 5.56 Å². The minimum Gasteiger partial charge on any atom is -0.403 e. The van der Waals surface area contributed by atoms with E-state index in [1.165, 1.54) is 12.1 Å². The molecule has 0 saturated heterocycles. The van der Waals surface area contributed by atoms with Gasteiger partial charge in [-0.05, 0) is 42.0 Å². The Morgan fingerprint density at radius 3 is 2.25 bits per heavy atom. The van der Waals surface area contributed by atoms with Gasteiger partial charge in [-0.1, -0.05) is 48.5 Å². The van der Waals surface area contributed by atoms with Crippen molar-refractivity contribution in [3.8, 4) is 0 Å². The molecule has 0 bridgehead atoms. The number of hydrogen-bond donors (Lipinski definition) is 0. The lowest BCUT2D eigenvalue weighted by Gasteiger charge is -2.13. The second-order valence-corrected chi connectivity index (χ2v) is 6.36. The summed E-state index contributed by atoms with van der Waals surface area (Å²) in [5.41, 5.74) is 2.46. The number of hydrogen-bond acceptors (Lipinski definition) is 4. The van der Waals surface area contributed by atoms with Gasteiger partial charge in [-0.2, -0.15) is 5.01 Å². The average Bonchev–Trinajstić information content (AvgIpc) is 3.30. The smallest absolute Gasteiger partial charge is 0.322 e. The molecule has 0 saturated carbocycles. The lowest BCUT2D eigenvalue weighted by Crippen LogP contribution is -2.25. The molecule has 5 nitrogen and oxygen atoms in total. The Morgan fingerprint density at radius 1 is 0.857 bits per heavy atom. The molecule has 0 spiro atoms. The van der Waals surface area contributed by atoms with Crippen LogP contribution in [0.15, 0.2) is 100 Å². The van der Waals surface area contributed by atoms with Crippen LogP contribution in [0, 0.1) is 5.82 Å². The van der Waals surface area contributed by atoms with Crippen LogP contribution in [0.4, 0.5) is 10.1 Å². The molecule has 0 N–H and O–H groups in total. The quantitative estimate of drug-likeness (QED) is 0.673. The zero-order valence-electron chi connectivity index (χ0n) is 14.7. The molecule has 28 heavy (non-hydrogen) atoms. The fourth-order valence-corrected chi connectivity index (χ4v) is 3.11. The highest BCUT2D eigenvalue weighted by atomic mass is 19.1. The Kier molecular flexibility index (Phi) is 3.94. The standard InChI is InChI=1S/C22H15FN4O/c23-17-11-13-18(14-12-17)24-20-19(15-7-3-1-4-8-15)25-22-27(20)26-21(28-22)16-9-5-2-6-10-16/h1-14,19H. The number of hydrazone groups is 1. The topological polar surface area (TPSA) is 49.6 Å². The van der Waals surface area contributed by atoms with Gasteiger partial charge in [0.1, 0.15) is 11.9 Å². The highest BCUT2D eigenvalue weighted by Gasteiger charge is 2.40. The summed E-state index contributed by atoms with van der Waals surface area (Å²) >= 11 is 0. The zero-order chi connectivity index (χ0) is 18.9. The third kappa shape index (κ3) is 2.95. The first-order valence-corrected chi connectivity index (χ1v) is 8.87. The molecule has 3 aromatic rings. The van der Waals surface area contributed by atoms with Crippen molar-refractivity contribution in [2.75, 3.05) is 0 Å². The van der Waals surface area contributed by atoms with E-state index < -0.39 is 0 Å². The summed E-state index contributed by atoms with van der Waals surface area (Å²) < 4.78 is 19.2. The largest absolute Gasteiger partial charge is 0.403 e. The molecule has 1 unspecified atom stereocenters. The van der Waals surface area contributed by atoms with Crippen molar-refractivity contribution in [2.45, 2.75) is 6.04 Å². The van der Waals surface area contributed by atoms with E-state index >= 15 is 0 Å². The van der Waals surface area contributed by atoms with Crippen molar-refractivity contribution in [3.63, 3.8) is 0 Å². The highest BCUT2D eigenvalue weighted by molar-refractivity contribution is 6.15. The van der Waals surface area contributed by atoms with Crippen molar-refractivity contribution in [3.05, 3.63) is 102 Å². The Labute approximate surface area is 161 Å². The lowest BCUT2D eigenvalue weighted by molar-refractivity contribution is 0.519. The van der Waals surface area contributed by atoms with Gasteiger partial charge in [-0.3, -0.25) is 0 Å². The minimum absolute atomic E-state index is 0.305. The predicted octanol–water partition coefficient (Wildman–Crippen LogP) is 4.66. The first kappa shape index (κ1) is 16.4. The van der Waals surface area contributed by atoms with E-state index in [1.54, 1.807) is 17.1 Å². The summed E-state index contributed by atoms with van der Waals surface area (Å²) in [6.45, 7) is 0. The van der Waals surface area contributed by atoms with Gasteiger partial charge >= 0.3 is 6.02 Å². The molecule has 5 rings (SSSR count). The Balaban J connectivity index is 1.57. The molecule has 0 fully saturated rings. The monoisotopic (exact) mass is 370 g/mol. The molecule has 2 aliphatic rings. The summed E-state index contributed by atoms with van der Waals surface area (Å²) in [5, 5.41) is 6.20. The Bertz CT molecular complexity index is 1090.